The maximum absolute atomic E-state index is 12.0. The average molecular weight is 301 g/mol. The van der Waals surface area contributed by atoms with Gasteiger partial charge in [0.15, 0.2) is 0 Å². The summed E-state index contributed by atoms with van der Waals surface area (Å²) in [6, 6.07) is 3.61. The molecule has 1 N–H and O–H groups in total. The molecule has 0 saturated carbocycles. The van der Waals surface area contributed by atoms with Crippen molar-refractivity contribution in [2.45, 2.75) is 25.8 Å². The summed E-state index contributed by atoms with van der Waals surface area (Å²) in [5, 5.41) is 3.84. The number of methoxy groups -OCH3 is 1. The maximum atomic E-state index is 12.0. The molecule has 0 saturated heterocycles. The van der Waals surface area contributed by atoms with Gasteiger partial charge in [0.05, 0.1) is 7.11 Å². The molecule has 94 valence electrons. The molecule has 1 unspecified atom stereocenters. The number of carbonyl (C=O) groups is 1. The fourth-order valence-electron chi connectivity index (χ4n) is 1.50. The van der Waals surface area contributed by atoms with Crippen LogP contribution in [0.2, 0.25) is 0 Å². The van der Waals surface area contributed by atoms with E-state index in [4.69, 9.17) is 4.74 Å². The van der Waals surface area contributed by atoms with Crippen molar-refractivity contribution in [1.82, 2.24) is 10.3 Å². The van der Waals surface area contributed by atoms with Crippen LogP contribution in [-0.4, -0.2) is 29.4 Å². The van der Waals surface area contributed by atoms with Gasteiger partial charge in [-0.15, -0.1) is 0 Å². The molecule has 1 aromatic heterocycles. The van der Waals surface area contributed by atoms with E-state index >= 15 is 0 Å². The molecule has 1 aromatic rings. The summed E-state index contributed by atoms with van der Waals surface area (Å²) in [6.07, 6.45) is 3.41. The largest absolute Gasteiger partial charge is 0.480 e. The van der Waals surface area contributed by atoms with Crippen LogP contribution in [0.3, 0.4) is 0 Å². The van der Waals surface area contributed by atoms with E-state index in [0.717, 1.165) is 18.2 Å². The van der Waals surface area contributed by atoms with E-state index in [1.807, 2.05) is 6.92 Å². The lowest BCUT2D eigenvalue weighted by atomic mass is 10.1. The fraction of sp³-hybridized carbons (Fsp3) is 0.500. The highest BCUT2D eigenvalue weighted by atomic mass is 79.9. The van der Waals surface area contributed by atoms with Crippen molar-refractivity contribution in [3.63, 3.8) is 0 Å². The minimum atomic E-state index is -0.136. The van der Waals surface area contributed by atoms with Crippen LogP contribution in [0, 0.1) is 0 Å². The van der Waals surface area contributed by atoms with Crippen LogP contribution in [0.25, 0.3) is 0 Å². The van der Waals surface area contributed by atoms with Gasteiger partial charge in [-0.3, -0.25) is 4.79 Å². The molecule has 0 radical (unpaired) electrons. The Hall–Kier alpha value is -1.10. The quantitative estimate of drug-likeness (QED) is 0.821. The second-order valence-electron chi connectivity index (χ2n) is 3.62. The van der Waals surface area contributed by atoms with Crippen LogP contribution in [0.15, 0.2) is 18.3 Å². The van der Waals surface area contributed by atoms with Crippen LogP contribution in [0.5, 0.6) is 5.88 Å². The van der Waals surface area contributed by atoms with Crippen molar-refractivity contribution in [1.29, 1.82) is 0 Å². The molecule has 0 bridgehead atoms. The van der Waals surface area contributed by atoms with Crippen LogP contribution >= 0.6 is 15.9 Å². The Bertz CT molecular complexity index is 371. The van der Waals surface area contributed by atoms with Gasteiger partial charge in [0, 0.05) is 17.6 Å². The standard InChI is InChI=1S/C12H17BrN2O2/c1-3-9(6-7-13)15-11(16)10-5-4-8-14-12(10)17-2/h4-5,8-9H,3,6-7H2,1-2H3,(H,15,16). The number of hydrogen-bond acceptors (Lipinski definition) is 3. The first-order valence-corrected chi connectivity index (χ1v) is 6.70. The summed E-state index contributed by atoms with van der Waals surface area (Å²) in [7, 11) is 1.51. The van der Waals surface area contributed by atoms with Gasteiger partial charge in [-0.05, 0) is 25.0 Å². The molecule has 1 rings (SSSR count). The van der Waals surface area contributed by atoms with Crippen molar-refractivity contribution in [2.24, 2.45) is 0 Å². The molecule has 1 heterocycles. The number of nitrogens with zero attached hydrogens (tertiary/aromatic N) is 1. The molecule has 0 aliphatic rings. The maximum Gasteiger partial charge on any atom is 0.256 e. The number of aromatic nitrogens is 1. The topological polar surface area (TPSA) is 51.2 Å². The van der Waals surface area contributed by atoms with E-state index in [1.165, 1.54) is 7.11 Å². The van der Waals surface area contributed by atoms with Crippen LogP contribution < -0.4 is 10.1 Å². The molecular weight excluding hydrogens is 284 g/mol. The summed E-state index contributed by atoms with van der Waals surface area (Å²) >= 11 is 3.38. The van der Waals surface area contributed by atoms with Crippen LogP contribution in [-0.2, 0) is 0 Å². The molecule has 0 aliphatic carbocycles. The Morgan fingerprint density at radius 3 is 3.00 bits per heavy atom. The number of halogens is 1. The Morgan fingerprint density at radius 1 is 1.65 bits per heavy atom. The molecule has 0 aliphatic heterocycles. The Kier molecular flexibility index (Phi) is 5.97. The second-order valence-corrected chi connectivity index (χ2v) is 4.41. The minimum Gasteiger partial charge on any atom is -0.480 e. The van der Waals surface area contributed by atoms with Gasteiger partial charge in [-0.2, -0.15) is 0 Å². The molecule has 1 atom stereocenters. The molecule has 4 nitrogen and oxygen atoms in total. The summed E-state index contributed by atoms with van der Waals surface area (Å²) in [4.78, 5) is 16.0. The third-order valence-corrected chi connectivity index (χ3v) is 2.95. The van der Waals surface area contributed by atoms with E-state index in [0.29, 0.717) is 11.4 Å². The van der Waals surface area contributed by atoms with Crippen molar-refractivity contribution >= 4 is 21.8 Å². The molecule has 0 fully saturated rings. The van der Waals surface area contributed by atoms with Gasteiger partial charge >= 0.3 is 0 Å². The highest BCUT2D eigenvalue weighted by molar-refractivity contribution is 9.09. The SMILES string of the molecule is CCC(CCBr)NC(=O)c1cccnc1OC. The normalized spacial score (nSPS) is 11.9. The molecule has 1 amide bonds. The number of ether oxygens (including phenoxy) is 1. The lowest BCUT2D eigenvalue weighted by Crippen LogP contribution is -2.34. The van der Waals surface area contributed by atoms with Crippen molar-refractivity contribution < 1.29 is 9.53 Å². The number of amides is 1. The van der Waals surface area contributed by atoms with Gasteiger partial charge in [-0.1, -0.05) is 22.9 Å². The number of pyridine rings is 1. The predicted octanol–water partition coefficient (Wildman–Crippen LogP) is 2.38. The minimum absolute atomic E-state index is 0.136. The summed E-state index contributed by atoms with van der Waals surface area (Å²) < 4.78 is 5.06. The van der Waals surface area contributed by atoms with E-state index in [2.05, 4.69) is 26.2 Å². The predicted molar refractivity (Wildman–Crippen MR) is 70.7 cm³/mol. The zero-order chi connectivity index (χ0) is 12.7. The number of rotatable bonds is 6. The molecule has 5 heteroatoms. The zero-order valence-corrected chi connectivity index (χ0v) is 11.7. The number of carbonyl (C=O) groups excluding carboxylic acids is 1. The van der Waals surface area contributed by atoms with Gasteiger partial charge in [0.25, 0.3) is 5.91 Å². The Labute approximate surface area is 110 Å². The molecule has 0 aromatic carbocycles. The first kappa shape index (κ1) is 14.0. The van der Waals surface area contributed by atoms with Gasteiger partial charge in [0.2, 0.25) is 5.88 Å². The molecular formula is C12H17BrN2O2. The number of nitrogens with one attached hydrogen (secondary N) is 1. The van der Waals surface area contributed by atoms with Crippen LogP contribution in [0.4, 0.5) is 0 Å². The Balaban J connectivity index is 2.75. The molecule has 0 spiro atoms. The number of alkyl halides is 1. The molecule has 17 heavy (non-hydrogen) atoms. The van der Waals surface area contributed by atoms with Gasteiger partial charge in [0.1, 0.15) is 5.56 Å². The van der Waals surface area contributed by atoms with E-state index in [-0.39, 0.29) is 11.9 Å². The van der Waals surface area contributed by atoms with Crippen molar-refractivity contribution in [2.75, 3.05) is 12.4 Å². The lowest BCUT2D eigenvalue weighted by molar-refractivity contribution is 0.0931. The summed E-state index contributed by atoms with van der Waals surface area (Å²) in [5.41, 5.74) is 0.475. The van der Waals surface area contributed by atoms with Gasteiger partial charge < -0.3 is 10.1 Å². The zero-order valence-electron chi connectivity index (χ0n) is 10.1. The van der Waals surface area contributed by atoms with E-state index < -0.39 is 0 Å². The fourth-order valence-corrected chi connectivity index (χ4v) is 2.05. The van der Waals surface area contributed by atoms with Crippen molar-refractivity contribution in [3.05, 3.63) is 23.9 Å². The Morgan fingerprint density at radius 2 is 2.41 bits per heavy atom. The smallest absolute Gasteiger partial charge is 0.256 e. The highest BCUT2D eigenvalue weighted by Crippen LogP contribution is 2.14. The third-order valence-electron chi connectivity index (χ3n) is 2.49. The monoisotopic (exact) mass is 300 g/mol. The van der Waals surface area contributed by atoms with Gasteiger partial charge in [-0.25, -0.2) is 4.98 Å². The third kappa shape index (κ3) is 4.00. The first-order valence-electron chi connectivity index (χ1n) is 5.58. The van der Waals surface area contributed by atoms with Crippen LogP contribution in [0.1, 0.15) is 30.1 Å². The summed E-state index contributed by atoms with van der Waals surface area (Å²) in [5.74, 6) is 0.224. The number of hydrogen-bond donors (Lipinski definition) is 1. The average Bonchev–Trinajstić information content (AvgIpc) is 2.38. The highest BCUT2D eigenvalue weighted by Gasteiger charge is 2.15. The van der Waals surface area contributed by atoms with E-state index in [9.17, 15) is 4.79 Å². The van der Waals surface area contributed by atoms with E-state index in [1.54, 1.807) is 18.3 Å². The van der Waals surface area contributed by atoms with Crippen molar-refractivity contribution in [3.8, 4) is 5.88 Å². The summed E-state index contributed by atoms with van der Waals surface area (Å²) in [6.45, 7) is 2.05. The lowest BCUT2D eigenvalue weighted by Gasteiger charge is -2.16. The first-order chi connectivity index (χ1) is 8.22. The second kappa shape index (κ2) is 7.27.